The highest BCUT2D eigenvalue weighted by atomic mass is 16.7. The second kappa shape index (κ2) is 9.49. The van der Waals surface area contributed by atoms with E-state index in [2.05, 4.69) is 11.9 Å². The maximum atomic E-state index is 5.44. The van der Waals surface area contributed by atoms with Crippen LogP contribution in [0.1, 0.15) is 58.3 Å². The van der Waals surface area contributed by atoms with Crippen molar-refractivity contribution in [2.75, 3.05) is 19.8 Å². The van der Waals surface area contributed by atoms with Crippen LogP contribution in [0.4, 0.5) is 0 Å². The average Bonchev–Trinajstić information content (AvgIpc) is 2.34. The van der Waals surface area contributed by atoms with E-state index in [1.165, 1.54) is 38.5 Å². The summed E-state index contributed by atoms with van der Waals surface area (Å²) in [4.78, 5) is 4.16. The molecule has 1 heterocycles. The molecule has 0 aromatic heterocycles. The summed E-state index contributed by atoms with van der Waals surface area (Å²) in [5.41, 5.74) is 0. The second-order valence-electron chi connectivity index (χ2n) is 4.32. The van der Waals surface area contributed by atoms with Crippen LogP contribution in [0.2, 0.25) is 0 Å². The molecular formula is C13H25NO2. The lowest BCUT2D eigenvalue weighted by Gasteiger charge is -2.13. The first kappa shape index (κ1) is 13.3. The third kappa shape index (κ3) is 6.70. The Labute approximate surface area is 99.2 Å². The molecule has 0 N–H and O–H groups in total. The van der Waals surface area contributed by atoms with Crippen molar-refractivity contribution in [3.05, 3.63) is 0 Å². The van der Waals surface area contributed by atoms with E-state index in [0.29, 0.717) is 6.08 Å². The maximum absolute atomic E-state index is 5.44. The lowest BCUT2D eigenvalue weighted by Crippen LogP contribution is -2.17. The fraction of sp³-hybridized carbons (Fsp3) is 0.923. The van der Waals surface area contributed by atoms with Crippen molar-refractivity contribution in [3.63, 3.8) is 0 Å². The summed E-state index contributed by atoms with van der Waals surface area (Å²) in [5.74, 6) is 0. The average molecular weight is 227 g/mol. The molecule has 94 valence electrons. The topological polar surface area (TPSA) is 30.8 Å². The first-order valence-corrected chi connectivity index (χ1v) is 6.73. The monoisotopic (exact) mass is 227 g/mol. The smallest absolute Gasteiger partial charge is 0.383 e. The van der Waals surface area contributed by atoms with Crippen molar-refractivity contribution in [3.8, 4) is 0 Å². The van der Waals surface area contributed by atoms with Gasteiger partial charge in [-0.15, -0.1) is 0 Å². The van der Waals surface area contributed by atoms with Gasteiger partial charge in [0.1, 0.15) is 0 Å². The van der Waals surface area contributed by atoms with Crippen molar-refractivity contribution in [2.45, 2.75) is 58.3 Å². The Morgan fingerprint density at radius 3 is 2.56 bits per heavy atom. The zero-order chi connectivity index (χ0) is 11.5. The van der Waals surface area contributed by atoms with Gasteiger partial charge in [-0.2, -0.15) is 0 Å². The number of nitrogens with zero attached hydrogens (tertiary/aromatic N) is 1. The first-order chi connectivity index (χ1) is 7.93. The Morgan fingerprint density at radius 1 is 1.12 bits per heavy atom. The van der Waals surface area contributed by atoms with Gasteiger partial charge in [-0.05, 0) is 6.42 Å². The highest BCUT2D eigenvalue weighted by molar-refractivity contribution is 5.67. The zero-order valence-corrected chi connectivity index (χ0v) is 10.5. The third-order valence-electron chi connectivity index (χ3n) is 2.74. The molecule has 0 aromatic carbocycles. The summed E-state index contributed by atoms with van der Waals surface area (Å²) in [7, 11) is 0. The van der Waals surface area contributed by atoms with E-state index in [4.69, 9.17) is 9.47 Å². The second-order valence-corrected chi connectivity index (χ2v) is 4.32. The molecule has 1 rings (SSSR count). The predicted molar refractivity (Wildman–Crippen MR) is 66.8 cm³/mol. The molecule has 1 aliphatic rings. The molecule has 0 aromatic rings. The molecule has 0 fully saturated rings. The van der Waals surface area contributed by atoms with E-state index in [1.807, 2.05) is 0 Å². The van der Waals surface area contributed by atoms with Crippen molar-refractivity contribution >= 4 is 6.08 Å². The Balaban J connectivity index is 1.82. The first-order valence-electron chi connectivity index (χ1n) is 6.73. The van der Waals surface area contributed by atoms with Crippen LogP contribution in [0.15, 0.2) is 4.99 Å². The van der Waals surface area contributed by atoms with Crippen LogP contribution < -0.4 is 0 Å². The van der Waals surface area contributed by atoms with Gasteiger partial charge in [0.25, 0.3) is 0 Å². The minimum absolute atomic E-state index is 0.511. The molecule has 0 bridgehead atoms. The molecule has 1 aliphatic heterocycles. The molecule has 0 unspecified atom stereocenters. The van der Waals surface area contributed by atoms with E-state index in [1.54, 1.807) is 0 Å². The van der Waals surface area contributed by atoms with Crippen LogP contribution in [-0.4, -0.2) is 25.8 Å². The predicted octanol–water partition coefficient (Wildman–Crippen LogP) is 3.53. The van der Waals surface area contributed by atoms with Gasteiger partial charge in [-0.3, -0.25) is 0 Å². The Hall–Kier alpha value is -0.730. The highest BCUT2D eigenvalue weighted by Gasteiger charge is 2.05. The van der Waals surface area contributed by atoms with Crippen molar-refractivity contribution in [1.82, 2.24) is 0 Å². The summed E-state index contributed by atoms with van der Waals surface area (Å²) in [6.07, 6.45) is 10.7. The van der Waals surface area contributed by atoms with Crippen LogP contribution in [0.3, 0.4) is 0 Å². The summed E-state index contributed by atoms with van der Waals surface area (Å²) in [6.45, 7) is 4.62. The van der Waals surface area contributed by atoms with Crippen LogP contribution in [0.25, 0.3) is 0 Å². The molecule has 0 aliphatic carbocycles. The number of hydrogen-bond acceptors (Lipinski definition) is 3. The van der Waals surface area contributed by atoms with Gasteiger partial charge in [-0.1, -0.05) is 45.4 Å². The summed E-state index contributed by atoms with van der Waals surface area (Å²) in [5, 5.41) is 0. The Bertz CT molecular complexity index is 192. The highest BCUT2D eigenvalue weighted by Crippen LogP contribution is 2.07. The van der Waals surface area contributed by atoms with E-state index in [-0.39, 0.29) is 0 Å². The lowest BCUT2D eigenvalue weighted by molar-refractivity contribution is 0.149. The molecule has 3 heteroatoms. The molecule has 3 nitrogen and oxygen atoms in total. The SMILES string of the molecule is CCCCCCCCCOC1=NCCCO1. The van der Waals surface area contributed by atoms with Crippen LogP contribution >= 0.6 is 0 Å². The molecule has 0 saturated heterocycles. The molecular weight excluding hydrogens is 202 g/mol. The van der Waals surface area contributed by atoms with E-state index < -0.39 is 0 Å². The van der Waals surface area contributed by atoms with Crippen LogP contribution in [-0.2, 0) is 9.47 Å². The fourth-order valence-corrected chi connectivity index (χ4v) is 1.75. The van der Waals surface area contributed by atoms with Gasteiger partial charge in [0.15, 0.2) is 0 Å². The van der Waals surface area contributed by atoms with E-state index in [0.717, 1.165) is 32.6 Å². The van der Waals surface area contributed by atoms with Crippen LogP contribution in [0.5, 0.6) is 0 Å². The number of aliphatic imine (C=N–C) groups is 1. The molecule has 0 spiro atoms. The molecule has 16 heavy (non-hydrogen) atoms. The molecule has 0 radical (unpaired) electrons. The fourth-order valence-electron chi connectivity index (χ4n) is 1.75. The summed E-state index contributed by atoms with van der Waals surface area (Å²) in [6, 6.07) is 0. The minimum atomic E-state index is 0.511. The van der Waals surface area contributed by atoms with Gasteiger partial charge in [0.05, 0.1) is 13.2 Å². The van der Waals surface area contributed by atoms with Crippen molar-refractivity contribution < 1.29 is 9.47 Å². The Kier molecular flexibility index (Phi) is 7.91. The van der Waals surface area contributed by atoms with Gasteiger partial charge in [0, 0.05) is 13.0 Å². The summed E-state index contributed by atoms with van der Waals surface area (Å²) < 4.78 is 10.7. The largest absolute Gasteiger partial charge is 0.451 e. The van der Waals surface area contributed by atoms with Crippen LogP contribution in [0, 0.1) is 0 Å². The van der Waals surface area contributed by atoms with E-state index in [9.17, 15) is 0 Å². The zero-order valence-electron chi connectivity index (χ0n) is 10.5. The quantitative estimate of drug-likeness (QED) is 0.594. The van der Waals surface area contributed by atoms with Crippen molar-refractivity contribution in [2.24, 2.45) is 4.99 Å². The van der Waals surface area contributed by atoms with Crippen molar-refractivity contribution in [1.29, 1.82) is 0 Å². The number of rotatable bonds is 8. The Morgan fingerprint density at radius 2 is 1.88 bits per heavy atom. The maximum Gasteiger partial charge on any atom is 0.383 e. The normalized spacial score (nSPS) is 15.4. The molecule has 0 amide bonds. The minimum Gasteiger partial charge on any atom is -0.451 e. The van der Waals surface area contributed by atoms with Gasteiger partial charge < -0.3 is 9.47 Å². The van der Waals surface area contributed by atoms with Gasteiger partial charge in [-0.25, -0.2) is 4.99 Å². The standard InChI is InChI=1S/C13H25NO2/c1-2-3-4-5-6-7-8-11-15-13-14-10-9-12-16-13/h2-12H2,1H3. The summed E-state index contributed by atoms with van der Waals surface area (Å²) >= 11 is 0. The molecule has 0 saturated carbocycles. The number of hydrogen-bond donors (Lipinski definition) is 0. The molecule has 0 atom stereocenters. The third-order valence-corrected chi connectivity index (χ3v) is 2.74. The van der Waals surface area contributed by atoms with Gasteiger partial charge >= 0.3 is 6.08 Å². The van der Waals surface area contributed by atoms with Gasteiger partial charge in [0.2, 0.25) is 0 Å². The van der Waals surface area contributed by atoms with E-state index >= 15 is 0 Å². The number of ether oxygens (including phenoxy) is 2. The number of unbranched alkanes of at least 4 members (excludes halogenated alkanes) is 6. The lowest BCUT2D eigenvalue weighted by atomic mass is 10.1.